The molecule has 0 N–H and O–H groups in total. The SMILES string of the molecule is CCOCCn1ccc2ccc(C)cc21. The van der Waals surface area contributed by atoms with E-state index in [0.29, 0.717) is 0 Å². The van der Waals surface area contributed by atoms with Gasteiger partial charge in [-0.2, -0.15) is 0 Å². The fourth-order valence-corrected chi connectivity index (χ4v) is 1.80. The van der Waals surface area contributed by atoms with Crippen LogP contribution in [0.15, 0.2) is 30.5 Å². The summed E-state index contributed by atoms with van der Waals surface area (Å²) in [5, 5.41) is 1.30. The van der Waals surface area contributed by atoms with E-state index in [2.05, 4.69) is 42.0 Å². The summed E-state index contributed by atoms with van der Waals surface area (Å²) in [7, 11) is 0. The standard InChI is InChI=1S/C13H17NO/c1-3-15-9-8-14-7-6-12-5-4-11(2)10-13(12)14/h4-7,10H,3,8-9H2,1-2H3. The molecule has 2 aromatic rings. The van der Waals surface area contributed by atoms with Crippen LogP contribution >= 0.6 is 0 Å². The summed E-state index contributed by atoms with van der Waals surface area (Å²) in [5.41, 5.74) is 2.61. The zero-order valence-corrected chi connectivity index (χ0v) is 9.36. The molecule has 1 heterocycles. The van der Waals surface area contributed by atoms with Gasteiger partial charge >= 0.3 is 0 Å². The predicted molar refractivity (Wildman–Crippen MR) is 63.2 cm³/mol. The maximum absolute atomic E-state index is 5.37. The van der Waals surface area contributed by atoms with Crippen LogP contribution in [0.5, 0.6) is 0 Å². The molecular weight excluding hydrogens is 186 g/mol. The van der Waals surface area contributed by atoms with E-state index in [1.807, 2.05) is 6.92 Å². The first-order chi connectivity index (χ1) is 7.31. The Bertz CT molecular complexity index is 445. The van der Waals surface area contributed by atoms with Crippen molar-refractivity contribution in [2.24, 2.45) is 0 Å². The number of fused-ring (bicyclic) bond motifs is 1. The molecule has 0 bridgehead atoms. The van der Waals surface area contributed by atoms with Crippen molar-refractivity contribution in [3.05, 3.63) is 36.0 Å². The van der Waals surface area contributed by atoms with Gasteiger partial charge in [-0.15, -0.1) is 0 Å². The lowest BCUT2D eigenvalue weighted by Gasteiger charge is -2.05. The molecule has 1 aromatic heterocycles. The second-order valence-corrected chi connectivity index (χ2v) is 3.77. The minimum atomic E-state index is 0.786. The Balaban J connectivity index is 2.23. The summed E-state index contributed by atoms with van der Waals surface area (Å²) in [6.45, 7) is 6.66. The van der Waals surface area contributed by atoms with Gasteiger partial charge in [0.2, 0.25) is 0 Å². The van der Waals surface area contributed by atoms with Gasteiger partial charge in [0, 0.05) is 24.9 Å². The zero-order valence-electron chi connectivity index (χ0n) is 9.36. The Labute approximate surface area is 90.5 Å². The Morgan fingerprint density at radius 1 is 1.27 bits per heavy atom. The van der Waals surface area contributed by atoms with Crippen LogP contribution in [0.4, 0.5) is 0 Å². The third-order valence-corrected chi connectivity index (χ3v) is 2.61. The number of hydrogen-bond acceptors (Lipinski definition) is 1. The second kappa shape index (κ2) is 4.49. The quantitative estimate of drug-likeness (QED) is 0.697. The molecule has 2 heteroatoms. The molecule has 0 aliphatic carbocycles. The highest BCUT2D eigenvalue weighted by molar-refractivity contribution is 5.80. The van der Waals surface area contributed by atoms with Crippen LogP contribution in [0.2, 0.25) is 0 Å². The summed E-state index contributed by atoms with van der Waals surface area (Å²) < 4.78 is 7.61. The lowest BCUT2D eigenvalue weighted by atomic mass is 10.2. The second-order valence-electron chi connectivity index (χ2n) is 3.77. The van der Waals surface area contributed by atoms with Gasteiger partial charge in [-0.25, -0.2) is 0 Å². The van der Waals surface area contributed by atoms with Crippen molar-refractivity contribution in [1.82, 2.24) is 4.57 Å². The highest BCUT2D eigenvalue weighted by atomic mass is 16.5. The van der Waals surface area contributed by atoms with E-state index in [-0.39, 0.29) is 0 Å². The summed E-state index contributed by atoms with van der Waals surface area (Å²) >= 11 is 0. The predicted octanol–water partition coefficient (Wildman–Crippen LogP) is 2.99. The van der Waals surface area contributed by atoms with Crippen molar-refractivity contribution in [2.75, 3.05) is 13.2 Å². The molecule has 0 aliphatic heterocycles. The number of aryl methyl sites for hydroxylation is 1. The van der Waals surface area contributed by atoms with Crippen molar-refractivity contribution in [2.45, 2.75) is 20.4 Å². The van der Waals surface area contributed by atoms with E-state index in [1.54, 1.807) is 0 Å². The third kappa shape index (κ3) is 2.21. The highest BCUT2D eigenvalue weighted by Gasteiger charge is 2.00. The fourth-order valence-electron chi connectivity index (χ4n) is 1.80. The number of aromatic nitrogens is 1. The van der Waals surface area contributed by atoms with Crippen LogP contribution in [0.1, 0.15) is 12.5 Å². The van der Waals surface area contributed by atoms with E-state index >= 15 is 0 Å². The maximum Gasteiger partial charge on any atom is 0.0645 e. The average Bonchev–Trinajstić information content (AvgIpc) is 2.62. The Morgan fingerprint density at radius 2 is 2.13 bits per heavy atom. The largest absolute Gasteiger partial charge is 0.380 e. The molecule has 0 spiro atoms. The van der Waals surface area contributed by atoms with E-state index in [9.17, 15) is 0 Å². The number of nitrogens with zero attached hydrogens (tertiary/aromatic N) is 1. The number of benzene rings is 1. The molecule has 0 unspecified atom stereocenters. The van der Waals surface area contributed by atoms with Crippen LogP contribution in [0, 0.1) is 6.92 Å². The first-order valence-corrected chi connectivity index (χ1v) is 5.44. The molecule has 1 aromatic carbocycles. The summed E-state index contributed by atoms with van der Waals surface area (Å²) in [4.78, 5) is 0. The molecule has 0 atom stereocenters. The van der Waals surface area contributed by atoms with Gasteiger partial charge in [0.1, 0.15) is 0 Å². The molecular formula is C13H17NO. The molecule has 0 fully saturated rings. The molecule has 2 rings (SSSR count). The van der Waals surface area contributed by atoms with Crippen LogP contribution < -0.4 is 0 Å². The van der Waals surface area contributed by atoms with Gasteiger partial charge in [0.25, 0.3) is 0 Å². The van der Waals surface area contributed by atoms with E-state index in [0.717, 1.165) is 19.8 Å². The molecule has 2 nitrogen and oxygen atoms in total. The Morgan fingerprint density at radius 3 is 2.93 bits per heavy atom. The van der Waals surface area contributed by atoms with Gasteiger partial charge in [-0.3, -0.25) is 0 Å². The zero-order chi connectivity index (χ0) is 10.7. The van der Waals surface area contributed by atoms with Gasteiger partial charge < -0.3 is 9.30 Å². The van der Waals surface area contributed by atoms with Crippen molar-refractivity contribution < 1.29 is 4.74 Å². The van der Waals surface area contributed by atoms with Crippen molar-refractivity contribution in [3.8, 4) is 0 Å². The monoisotopic (exact) mass is 203 g/mol. The van der Waals surface area contributed by atoms with Gasteiger partial charge in [0.05, 0.1) is 6.61 Å². The minimum absolute atomic E-state index is 0.786. The van der Waals surface area contributed by atoms with Crippen LogP contribution in [0.25, 0.3) is 10.9 Å². The molecule has 0 amide bonds. The lowest BCUT2D eigenvalue weighted by Crippen LogP contribution is -2.04. The van der Waals surface area contributed by atoms with E-state index < -0.39 is 0 Å². The van der Waals surface area contributed by atoms with Crippen molar-refractivity contribution >= 4 is 10.9 Å². The molecule has 0 radical (unpaired) electrons. The van der Waals surface area contributed by atoms with Gasteiger partial charge in [-0.05, 0) is 36.9 Å². The van der Waals surface area contributed by atoms with Crippen molar-refractivity contribution in [1.29, 1.82) is 0 Å². The Hall–Kier alpha value is -1.28. The molecule has 0 saturated heterocycles. The summed E-state index contributed by atoms with van der Waals surface area (Å²) in [5.74, 6) is 0. The molecule has 0 saturated carbocycles. The molecule has 15 heavy (non-hydrogen) atoms. The normalized spacial score (nSPS) is 11.1. The van der Waals surface area contributed by atoms with E-state index in [4.69, 9.17) is 4.74 Å². The fraction of sp³-hybridized carbons (Fsp3) is 0.385. The highest BCUT2D eigenvalue weighted by Crippen LogP contribution is 2.17. The number of ether oxygens (including phenoxy) is 1. The van der Waals surface area contributed by atoms with Gasteiger partial charge in [0.15, 0.2) is 0 Å². The first-order valence-electron chi connectivity index (χ1n) is 5.44. The van der Waals surface area contributed by atoms with Crippen LogP contribution in [-0.4, -0.2) is 17.8 Å². The molecule has 80 valence electrons. The summed E-state index contributed by atoms with van der Waals surface area (Å²) in [6.07, 6.45) is 2.13. The Kier molecular flexibility index (Phi) is 3.07. The third-order valence-electron chi connectivity index (χ3n) is 2.61. The molecule has 0 aliphatic rings. The first kappa shape index (κ1) is 10.2. The van der Waals surface area contributed by atoms with Gasteiger partial charge in [-0.1, -0.05) is 12.1 Å². The lowest BCUT2D eigenvalue weighted by molar-refractivity contribution is 0.140. The van der Waals surface area contributed by atoms with E-state index in [1.165, 1.54) is 16.5 Å². The average molecular weight is 203 g/mol. The topological polar surface area (TPSA) is 14.2 Å². The maximum atomic E-state index is 5.37. The van der Waals surface area contributed by atoms with Crippen molar-refractivity contribution in [3.63, 3.8) is 0 Å². The smallest absolute Gasteiger partial charge is 0.0645 e. The number of rotatable bonds is 4. The van der Waals surface area contributed by atoms with Crippen LogP contribution in [-0.2, 0) is 11.3 Å². The summed E-state index contributed by atoms with van der Waals surface area (Å²) in [6, 6.07) is 8.69. The van der Waals surface area contributed by atoms with Crippen LogP contribution in [0.3, 0.4) is 0 Å². The minimum Gasteiger partial charge on any atom is -0.380 e. The number of hydrogen-bond donors (Lipinski definition) is 0.